The molecule has 2 bridgehead atoms. The summed E-state index contributed by atoms with van der Waals surface area (Å²) in [4.78, 5) is 2.68. The monoisotopic (exact) mass is 286 g/mol. The van der Waals surface area contributed by atoms with Gasteiger partial charge in [-0.05, 0) is 50.6 Å². The van der Waals surface area contributed by atoms with Crippen molar-refractivity contribution in [3.8, 4) is 0 Å². The maximum atomic E-state index is 3.77. The second-order valence-corrected chi connectivity index (χ2v) is 7.48. The molecule has 2 fully saturated rings. The highest BCUT2D eigenvalue weighted by Crippen LogP contribution is 2.35. The van der Waals surface area contributed by atoms with E-state index in [1.807, 2.05) is 0 Å². The fourth-order valence-electron chi connectivity index (χ4n) is 4.27. The molecule has 0 aromatic heterocycles. The smallest absolute Gasteiger partial charge is 0.0350 e. The number of nitrogens with zero attached hydrogens (tertiary/aromatic N) is 1. The summed E-state index contributed by atoms with van der Waals surface area (Å²) in [5.41, 5.74) is 1.49. The van der Waals surface area contributed by atoms with Crippen molar-refractivity contribution in [3.63, 3.8) is 0 Å². The zero-order valence-electron chi connectivity index (χ0n) is 13.8. The van der Waals surface area contributed by atoms with Gasteiger partial charge in [0.2, 0.25) is 0 Å². The van der Waals surface area contributed by atoms with Crippen molar-refractivity contribution in [2.75, 3.05) is 7.05 Å². The summed E-state index contributed by atoms with van der Waals surface area (Å²) in [6.07, 6.45) is 6.67. The van der Waals surface area contributed by atoms with Gasteiger partial charge in [0.15, 0.2) is 0 Å². The predicted molar refractivity (Wildman–Crippen MR) is 89.4 cm³/mol. The maximum Gasteiger partial charge on any atom is 0.0350 e. The van der Waals surface area contributed by atoms with Gasteiger partial charge >= 0.3 is 0 Å². The molecule has 2 heterocycles. The van der Waals surface area contributed by atoms with Crippen LogP contribution in [0.3, 0.4) is 0 Å². The molecule has 0 spiro atoms. The van der Waals surface area contributed by atoms with Gasteiger partial charge in [-0.2, -0.15) is 0 Å². The summed E-state index contributed by atoms with van der Waals surface area (Å²) in [6.45, 7) is 4.69. The van der Waals surface area contributed by atoms with Gasteiger partial charge in [0.05, 0.1) is 0 Å². The van der Waals surface area contributed by atoms with Crippen molar-refractivity contribution in [1.82, 2.24) is 10.2 Å². The SMILES string of the molecule is CC(C)CC(c1ccccc1)N(C)C1CC2CCC(C1)N2. The molecule has 3 rings (SSSR count). The van der Waals surface area contributed by atoms with E-state index in [0.29, 0.717) is 6.04 Å². The Hall–Kier alpha value is -0.860. The van der Waals surface area contributed by atoms with Crippen molar-refractivity contribution in [2.45, 2.75) is 70.1 Å². The molecule has 2 aliphatic rings. The van der Waals surface area contributed by atoms with Crippen molar-refractivity contribution in [1.29, 1.82) is 0 Å². The predicted octanol–water partition coefficient (Wildman–Crippen LogP) is 3.99. The van der Waals surface area contributed by atoms with Crippen molar-refractivity contribution < 1.29 is 0 Å². The fraction of sp³-hybridized carbons (Fsp3) is 0.684. The Morgan fingerprint density at radius 2 is 1.71 bits per heavy atom. The van der Waals surface area contributed by atoms with Crippen LogP contribution >= 0.6 is 0 Å². The van der Waals surface area contributed by atoms with Gasteiger partial charge in [-0.3, -0.25) is 4.90 Å². The maximum absolute atomic E-state index is 3.77. The summed E-state index contributed by atoms with van der Waals surface area (Å²) >= 11 is 0. The first-order chi connectivity index (χ1) is 10.1. The van der Waals surface area contributed by atoms with Gasteiger partial charge in [-0.25, -0.2) is 0 Å². The lowest BCUT2D eigenvalue weighted by Gasteiger charge is -2.40. The van der Waals surface area contributed by atoms with Gasteiger partial charge in [0.25, 0.3) is 0 Å². The van der Waals surface area contributed by atoms with E-state index >= 15 is 0 Å². The number of rotatable bonds is 5. The molecule has 3 atom stereocenters. The molecule has 2 aliphatic heterocycles. The highest BCUT2D eigenvalue weighted by atomic mass is 15.2. The van der Waals surface area contributed by atoms with Crippen molar-refractivity contribution >= 4 is 0 Å². The van der Waals surface area contributed by atoms with Crippen LogP contribution in [0.4, 0.5) is 0 Å². The lowest BCUT2D eigenvalue weighted by molar-refractivity contribution is 0.111. The quantitative estimate of drug-likeness (QED) is 0.880. The van der Waals surface area contributed by atoms with E-state index in [4.69, 9.17) is 0 Å². The lowest BCUT2D eigenvalue weighted by atomic mass is 9.91. The van der Waals surface area contributed by atoms with Crippen molar-refractivity contribution in [2.24, 2.45) is 5.92 Å². The third-order valence-electron chi connectivity index (χ3n) is 5.39. The second kappa shape index (κ2) is 6.50. The molecule has 2 heteroatoms. The number of fused-ring (bicyclic) bond motifs is 2. The Morgan fingerprint density at radius 1 is 1.10 bits per heavy atom. The molecule has 3 unspecified atom stereocenters. The molecule has 2 saturated heterocycles. The fourth-order valence-corrected chi connectivity index (χ4v) is 4.27. The average molecular weight is 286 g/mol. The third kappa shape index (κ3) is 3.49. The number of benzene rings is 1. The Balaban J connectivity index is 1.76. The van der Waals surface area contributed by atoms with E-state index in [9.17, 15) is 0 Å². The van der Waals surface area contributed by atoms with Crippen LogP contribution in [0.5, 0.6) is 0 Å². The normalized spacial score (nSPS) is 30.0. The van der Waals surface area contributed by atoms with Crippen LogP contribution in [-0.2, 0) is 0 Å². The summed E-state index contributed by atoms with van der Waals surface area (Å²) in [5.74, 6) is 0.732. The molecule has 0 saturated carbocycles. The lowest BCUT2D eigenvalue weighted by Crippen LogP contribution is -2.48. The van der Waals surface area contributed by atoms with Gasteiger partial charge in [-0.15, -0.1) is 0 Å². The molecule has 2 nitrogen and oxygen atoms in total. The van der Waals surface area contributed by atoms with Gasteiger partial charge < -0.3 is 5.32 Å². The van der Waals surface area contributed by atoms with E-state index in [0.717, 1.165) is 24.0 Å². The molecule has 116 valence electrons. The zero-order valence-corrected chi connectivity index (χ0v) is 13.8. The number of piperidine rings is 1. The second-order valence-electron chi connectivity index (χ2n) is 7.48. The molecular weight excluding hydrogens is 256 g/mol. The van der Waals surface area contributed by atoms with Gasteiger partial charge in [0.1, 0.15) is 0 Å². The molecule has 1 aromatic carbocycles. The first-order valence-corrected chi connectivity index (χ1v) is 8.66. The third-order valence-corrected chi connectivity index (χ3v) is 5.39. The molecule has 1 aromatic rings. The molecule has 0 amide bonds. The van der Waals surface area contributed by atoms with E-state index in [-0.39, 0.29) is 0 Å². The topological polar surface area (TPSA) is 15.3 Å². The van der Waals surface area contributed by atoms with Crippen LogP contribution in [0.25, 0.3) is 0 Å². The molecule has 1 N–H and O–H groups in total. The minimum Gasteiger partial charge on any atom is -0.311 e. The van der Waals surface area contributed by atoms with Crippen LogP contribution in [0.1, 0.15) is 57.6 Å². The van der Waals surface area contributed by atoms with Crippen LogP contribution in [-0.4, -0.2) is 30.1 Å². The van der Waals surface area contributed by atoms with Crippen LogP contribution in [0.15, 0.2) is 30.3 Å². The summed E-state index contributed by atoms with van der Waals surface area (Å²) < 4.78 is 0. The van der Waals surface area contributed by atoms with E-state index < -0.39 is 0 Å². The standard InChI is InChI=1S/C19H30N2/c1-14(2)11-19(15-7-5-4-6-8-15)21(3)18-12-16-9-10-17(13-18)20-16/h4-8,14,16-20H,9-13H2,1-3H3. The number of hydrogen-bond acceptors (Lipinski definition) is 2. The van der Waals surface area contributed by atoms with Crippen LogP contribution < -0.4 is 5.32 Å². The Labute approximate surface area is 129 Å². The molecule has 0 aliphatic carbocycles. The molecular formula is C19H30N2. The van der Waals surface area contributed by atoms with E-state index in [2.05, 4.69) is 61.4 Å². The zero-order chi connectivity index (χ0) is 14.8. The van der Waals surface area contributed by atoms with Gasteiger partial charge in [-0.1, -0.05) is 44.2 Å². The first kappa shape index (κ1) is 15.1. The Morgan fingerprint density at radius 3 is 2.29 bits per heavy atom. The minimum absolute atomic E-state index is 0.564. The highest BCUT2D eigenvalue weighted by Gasteiger charge is 2.37. The summed E-state index contributed by atoms with van der Waals surface area (Å²) in [7, 11) is 2.36. The Bertz CT molecular complexity index is 430. The molecule has 0 radical (unpaired) electrons. The average Bonchev–Trinajstić information content (AvgIpc) is 2.83. The summed E-state index contributed by atoms with van der Waals surface area (Å²) in [6, 6.07) is 13.9. The first-order valence-electron chi connectivity index (χ1n) is 8.66. The molecule has 21 heavy (non-hydrogen) atoms. The highest BCUT2D eigenvalue weighted by molar-refractivity contribution is 5.19. The Kier molecular flexibility index (Phi) is 4.66. The van der Waals surface area contributed by atoms with E-state index in [1.165, 1.54) is 37.7 Å². The van der Waals surface area contributed by atoms with Crippen LogP contribution in [0, 0.1) is 5.92 Å². The largest absolute Gasteiger partial charge is 0.311 e. The van der Waals surface area contributed by atoms with Gasteiger partial charge in [0, 0.05) is 24.2 Å². The van der Waals surface area contributed by atoms with E-state index in [1.54, 1.807) is 0 Å². The summed E-state index contributed by atoms with van der Waals surface area (Å²) in [5, 5.41) is 3.77. The van der Waals surface area contributed by atoms with Crippen LogP contribution in [0.2, 0.25) is 0 Å². The van der Waals surface area contributed by atoms with Crippen molar-refractivity contribution in [3.05, 3.63) is 35.9 Å². The number of hydrogen-bond donors (Lipinski definition) is 1. The minimum atomic E-state index is 0.564. The number of nitrogens with one attached hydrogen (secondary N) is 1.